The number of nitrogens with zero attached hydrogens (tertiary/aromatic N) is 3. The van der Waals surface area contributed by atoms with E-state index < -0.39 is 0 Å². The summed E-state index contributed by atoms with van der Waals surface area (Å²) in [5.41, 5.74) is 4.09. The molecule has 134 valence electrons. The second-order valence-electron chi connectivity index (χ2n) is 6.07. The van der Waals surface area contributed by atoms with Crippen molar-refractivity contribution in [2.75, 3.05) is 12.4 Å². The molecule has 2 aromatic heterocycles. The lowest BCUT2D eigenvalue weighted by atomic mass is 10.2. The first-order chi connectivity index (χ1) is 13.2. The minimum Gasteiger partial charge on any atom is -0.480 e. The van der Waals surface area contributed by atoms with Gasteiger partial charge in [0.05, 0.1) is 18.1 Å². The van der Waals surface area contributed by atoms with E-state index >= 15 is 0 Å². The van der Waals surface area contributed by atoms with Gasteiger partial charge in [0.2, 0.25) is 5.88 Å². The Labute approximate surface area is 156 Å². The monoisotopic (exact) mass is 358 g/mol. The molecule has 27 heavy (non-hydrogen) atoms. The van der Waals surface area contributed by atoms with Crippen LogP contribution in [0.5, 0.6) is 5.88 Å². The Morgan fingerprint density at radius 3 is 2.56 bits per heavy atom. The maximum Gasteiger partial charge on any atom is 0.261 e. The van der Waals surface area contributed by atoms with Crippen molar-refractivity contribution in [3.05, 3.63) is 72.4 Å². The van der Waals surface area contributed by atoms with Crippen LogP contribution in [0.15, 0.2) is 66.9 Å². The highest BCUT2D eigenvalue weighted by Crippen LogP contribution is 2.25. The molecule has 1 amide bonds. The van der Waals surface area contributed by atoms with E-state index in [-0.39, 0.29) is 5.91 Å². The number of imidazole rings is 1. The fraction of sp³-hybridized carbons (Fsp3) is 0.0952. The minimum absolute atomic E-state index is 0.268. The zero-order valence-corrected chi connectivity index (χ0v) is 15.0. The summed E-state index contributed by atoms with van der Waals surface area (Å²) >= 11 is 0. The molecule has 0 atom stereocenters. The van der Waals surface area contributed by atoms with E-state index in [4.69, 9.17) is 9.72 Å². The van der Waals surface area contributed by atoms with Crippen molar-refractivity contribution in [2.24, 2.45) is 7.05 Å². The predicted molar refractivity (Wildman–Crippen MR) is 105 cm³/mol. The van der Waals surface area contributed by atoms with Gasteiger partial charge in [-0.15, -0.1) is 0 Å². The van der Waals surface area contributed by atoms with Crippen molar-refractivity contribution in [2.45, 2.75) is 0 Å². The molecule has 0 unspecified atom stereocenters. The second-order valence-corrected chi connectivity index (χ2v) is 6.07. The number of hydrogen-bond donors (Lipinski definition) is 1. The van der Waals surface area contributed by atoms with Crippen LogP contribution in [0.3, 0.4) is 0 Å². The first-order valence-corrected chi connectivity index (χ1v) is 8.49. The van der Waals surface area contributed by atoms with Gasteiger partial charge >= 0.3 is 0 Å². The predicted octanol–water partition coefficient (Wildman–Crippen LogP) is 3.90. The van der Waals surface area contributed by atoms with Crippen molar-refractivity contribution >= 4 is 22.6 Å². The van der Waals surface area contributed by atoms with Crippen molar-refractivity contribution in [3.63, 3.8) is 0 Å². The number of amides is 1. The van der Waals surface area contributed by atoms with Gasteiger partial charge in [0.25, 0.3) is 5.91 Å². The summed E-state index contributed by atoms with van der Waals surface area (Å²) in [6.45, 7) is 0. The summed E-state index contributed by atoms with van der Waals surface area (Å²) in [4.78, 5) is 21.2. The highest BCUT2D eigenvalue weighted by Gasteiger charge is 2.14. The number of benzene rings is 2. The van der Waals surface area contributed by atoms with Crippen LogP contribution in [0.2, 0.25) is 0 Å². The number of para-hydroxylation sites is 2. The third-order valence-corrected chi connectivity index (χ3v) is 4.40. The Balaban J connectivity index is 1.59. The fourth-order valence-electron chi connectivity index (χ4n) is 3.03. The number of nitrogens with one attached hydrogen (secondary N) is 1. The van der Waals surface area contributed by atoms with Gasteiger partial charge in [0.1, 0.15) is 11.4 Å². The first kappa shape index (κ1) is 16.8. The number of anilines is 1. The molecular weight excluding hydrogens is 340 g/mol. The molecule has 4 aromatic rings. The quantitative estimate of drug-likeness (QED) is 0.601. The number of fused-ring (bicyclic) bond motifs is 1. The van der Waals surface area contributed by atoms with Crippen molar-refractivity contribution in [1.29, 1.82) is 0 Å². The third-order valence-electron chi connectivity index (χ3n) is 4.40. The molecule has 4 rings (SSSR count). The summed E-state index contributed by atoms with van der Waals surface area (Å²) < 4.78 is 7.20. The van der Waals surface area contributed by atoms with Gasteiger partial charge in [-0.1, -0.05) is 12.1 Å². The summed E-state index contributed by atoms with van der Waals surface area (Å²) in [6.07, 6.45) is 1.58. The normalized spacial score (nSPS) is 10.7. The summed E-state index contributed by atoms with van der Waals surface area (Å²) in [5, 5.41) is 2.87. The Morgan fingerprint density at radius 2 is 1.81 bits per heavy atom. The Kier molecular flexibility index (Phi) is 4.30. The summed E-state index contributed by atoms with van der Waals surface area (Å²) in [5.74, 6) is 0.907. The number of carbonyl (C=O) groups is 1. The molecule has 6 nitrogen and oxygen atoms in total. The van der Waals surface area contributed by atoms with Crippen LogP contribution in [0.25, 0.3) is 22.4 Å². The molecule has 2 aromatic carbocycles. The van der Waals surface area contributed by atoms with Crippen LogP contribution in [0, 0.1) is 0 Å². The van der Waals surface area contributed by atoms with E-state index in [1.54, 1.807) is 18.3 Å². The number of aromatic nitrogens is 3. The minimum atomic E-state index is -0.268. The standard InChI is InChI=1S/C21H18N4O2/c1-25-18-8-4-3-7-17(18)24-19(25)14-9-11-15(12-10-14)23-20(26)16-6-5-13-22-21(16)27-2/h3-13H,1-2H3,(H,23,26). The smallest absolute Gasteiger partial charge is 0.261 e. The third kappa shape index (κ3) is 3.13. The first-order valence-electron chi connectivity index (χ1n) is 8.49. The number of pyridine rings is 1. The highest BCUT2D eigenvalue weighted by atomic mass is 16.5. The van der Waals surface area contributed by atoms with E-state index in [1.165, 1.54) is 7.11 Å². The van der Waals surface area contributed by atoms with Crippen LogP contribution in [0.1, 0.15) is 10.4 Å². The van der Waals surface area contributed by atoms with Crippen LogP contribution >= 0.6 is 0 Å². The lowest BCUT2D eigenvalue weighted by Crippen LogP contribution is -2.13. The lowest BCUT2D eigenvalue weighted by Gasteiger charge is -2.09. The summed E-state index contributed by atoms with van der Waals surface area (Å²) in [6, 6.07) is 19.0. The maximum atomic E-state index is 12.5. The lowest BCUT2D eigenvalue weighted by molar-refractivity contribution is 0.102. The van der Waals surface area contributed by atoms with Gasteiger partial charge in [0, 0.05) is 24.5 Å². The van der Waals surface area contributed by atoms with Crippen molar-refractivity contribution in [3.8, 4) is 17.3 Å². The van der Waals surface area contributed by atoms with E-state index in [1.807, 2.05) is 55.6 Å². The average molecular weight is 358 g/mol. The van der Waals surface area contributed by atoms with E-state index in [2.05, 4.69) is 14.9 Å². The van der Waals surface area contributed by atoms with E-state index in [0.29, 0.717) is 17.1 Å². The van der Waals surface area contributed by atoms with Gasteiger partial charge in [-0.3, -0.25) is 4.79 Å². The number of hydrogen-bond acceptors (Lipinski definition) is 4. The largest absolute Gasteiger partial charge is 0.480 e. The molecule has 0 fully saturated rings. The topological polar surface area (TPSA) is 69.0 Å². The molecule has 0 saturated heterocycles. The number of methoxy groups -OCH3 is 1. The fourth-order valence-corrected chi connectivity index (χ4v) is 3.03. The van der Waals surface area contributed by atoms with Crippen molar-refractivity contribution in [1.82, 2.24) is 14.5 Å². The van der Waals surface area contributed by atoms with Gasteiger partial charge < -0.3 is 14.6 Å². The Morgan fingerprint density at radius 1 is 1.04 bits per heavy atom. The molecule has 6 heteroatoms. The average Bonchev–Trinajstić information content (AvgIpc) is 3.05. The van der Waals surface area contributed by atoms with Gasteiger partial charge in [-0.25, -0.2) is 9.97 Å². The molecule has 0 spiro atoms. The van der Waals surface area contributed by atoms with Gasteiger partial charge in [-0.05, 0) is 48.5 Å². The zero-order chi connectivity index (χ0) is 18.8. The maximum absolute atomic E-state index is 12.5. The molecule has 0 aliphatic rings. The van der Waals surface area contributed by atoms with E-state index in [9.17, 15) is 4.79 Å². The van der Waals surface area contributed by atoms with Crippen LogP contribution in [-0.2, 0) is 7.05 Å². The second kappa shape index (κ2) is 6.92. The van der Waals surface area contributed by atoms with Crippen LogP contribution in [0.4, 0.5) is 5.69 Å². The van der Waals surface area contributed by atoms with Gasteiger partial charge in [0.15, 0.2) is 0 Å². The Bertz CT molecular complexity index is 1120. The number of ether oxygens (including phenoxy) is 1. The molecule has 0 radical (unpaired) electrons. The molecule has 0 aliphatic heterocycles. The van der Waals surface area contributed by atoms with E-state index in [0.717, 1.165) is 22.4 Å². The Hall–Kier alpha value is -3.67. The molecule has 0 aliphatic carbocycles. The SMILES string of the molecule is COc1ncccc1C(=O)Nc1ccc(-c2nc3ccccc3n2C)cc1. The van der Waals surface area contributed by atoms with Gasteiger partial charge in [-0.2, -0.15) is 0 Å². The number of rotatable bonds is 4. The number of carbonyl (C=O) groups excluding carboxylic acids is 1. The summed E-state index contributed by atoms with van der Waals surface area (Å²) in [7, 11) is 3.49. The molecule has 0 saturated carbocycles. The molecule has 0 bridgehead atoms. The molecular formula is C21H18N4O2. The molecule has 2 heterocycles. The number of aryl methyl sites for hydroxylation is 1. The molecule has 1 N–H and O–H groups in total. The zero-order valence-electron chi connectivity index (χ0n) is 15.0. The van der Waals surface area contributed by atoms with Crippen molar-refractivity contribution < 1.29 is 9.53 Å². The van der Waals surface area contributed by atoms with Crippen LogP contribution < -0.4 is 10.1 Å². The highest BCUT2D eigenvalue weighted by molar-refractivity contribution is 6.05. The van der Waals surface area contributed by atoms with Crippen LogP contribution in [-0.4, -0.2) is 27.6 Å².